The summed E-state index contributed by atoms with van der Waals surface area (Å²) in [6.45, 7) is 4.96. The van der Waals surface area contributed by atoms with E-state index in [-0.39, 0.29) is 11.9 Å². The van der Waals surface area contributed by atoms with Crippen LogP contribution in [0.5, 0.6) is 0 Å². The molecule has 0 heterocycles. The summed E-state index contributed by atoms with van der Waals surface area (Å²) < 4.78 is 0. The fraction of sp³-hybridized carbons (Fsp3) is 0.938. The molecule has 0 aromatic rings. The van der Waals surface area contributed by atoms with Gasteiger partial charge in [-0.05, 0) is 52.5 Å². The van der Waals surface area contributed by atoms with Crippen LogP contribution in [0, 0.1) is 5.92 Å². The average molecular weight is 281 g/mol. The second-order valence-corrected chi connectivity index (χ2v) is 7.12. The number of amides is 1. The van der Waals surface area contributed by atoms with E-state index in [1.54, 1.807) is 0 Å². The Balaban J connectivity index is 2.07. The van der Waals surface area contributed by atoms with Crippen LogP contribution in [0.15, 0.2) is 0 Å². The highest BCUT2D eigenvalue weighted by Crippen LogP contribution is 2.41. The molecule has 1 amide bonds. The minimum Gasteiger partial charge on any atom is -0.368 e. The summed E-state index contributed by atoms with van der Waals surface area (Å²) in [5, 5.41) is 3.51. The molecule has 2 rings (SSSR count). The molecule has 0 bridgehead atoms. The van der Waals surface area contributed by atoms with Crippen molar-refractivity contribution in [3.05, 3.63) is 0 Å². The van der Waals surface area contributed by atoms with Crippen LogP contribution >= 0.6 is 0 Å². The Bertz CT molecular complexity index is 335. The molecule has 2 aliphatic rings. The summed E-state index contributed by atoms with van der Waals surface area (Å²) in [5.41, 5.74) is 5.28. The van der Waals surface area contributed by atoms with Crippen LogP contribution < -0.4 is 11.1 Å². The van der Waals surface area contributed by atoms with Crippen molar-refractivity contribution < 1.29 is 4.79 Å². The number of rotatable bonds is 7. The van der Waals surface area contributed by atoms with Crippen LogP contribution in [-0.2, 0) is 4.79 Å². The zero-order valence-corrected chi connectivity index (χ0v) is 13.3. The molecule has 0 saturated heterocycles. The second-order valence-electron chi connectivity index (χ2n) is 7.12. The lowest BCUT2D eigenvalue weighted by atomic mass is 9.88. The highest BCUT2D eigenvalue weighted by Gasteiger charge is 2.51. The van der Waals surface area contributed by atoms with Gasteiger partial charge in [0.1, 0.15) is 5.54 Å². The smallest absolute Gasteiger partial charge is 0.239 e. The molecule has 2 fully saturated rings. The number of hydrogen-bond donors (Lipinski definition) is 2. The van der Waals surface area contributed by atoms with Gasteiger partial charge in [-0.25, -0.2) is 0 Å². The lowest BCUT2D eigenvalue weighted by Crippen LogP contribution is -2.65. The second kappa shape index (κ2) is 6.44. The van der Waals surface area contributed by atoms with E-state index in [1.165, 1.54) is 32.1 Å². The molecule has 20 heavy (non-hydrogen) atoms. The van der Waals surface area contributed by atoms with E-state index in [4.69, 9.17) is 5.73 Å². The number of nitrogens with one attached hydrogen (secondary N) is 1. The first kappa shape index (κ1) is 15.8. The lowest BCUT2D eigenvalue weighted by Gasteiger charge is -2.41. The molecule has 4 nitrogen and oxygen atoms in total. The Kier molecular flexibility index (Phi) is 5.08. The Morgan fingerprint density at radius 3 is 2.30 bits per heavy atom. The van der Waals surface area contributed by atoms with Crippen molar-refractivity contribution in [1.82, 2.24) is 10.2 Å². The standard InChI is InChI=1S/C16H31N3O/c1-12(2)18-16(15(17)20,13-9-10-13)11-19(3)14-7-5-4-6-8-14/h12-14,18H,4-11H2,1-3H3,(H2,17,20). The third-order valence-corrected chi connectivity index (χ3v) is 4.96. The number of likely N-dealkylation sites (N-methyl/N-ethyl adjacent to an activating group) is 1. The highest BCUT2D eigenvalue weighted by molar-refractivity contribution is 5.86. The van der Waals surface area contributed by atoms with Crippen LogP contribution in [0.1, 0.15) is 58.8 Å². The SMILES string of the molecule is CC(C)NC(CN(C)C1CCCCC1)(C(N)=O)C1CC1. The topological polar surface area (TPSA) is 58.4 Å². The van der Waals surface area contributed by atoms with Crippen LogP contribution in [0.25, 0.3) is 0 Å². The van der Waals surface area contributed by atoms with E-state index in [0.717, 1.165) is 19.4 Å². The van der Waals surface area contributed by atoms with Gasteiger partial charge in [-0.2, -0.15) is 0 Å². The zero-order chi connectivity index (χ0) is 14.8. The molecule has 1 atom stereocenters. The van der Waals surface area contributed by atoms with Crippen LogP contribution in [0.3, 0.4) is 0 Å². The third kappa shape index (κ3) is 3.53. The molecule has 0 radical (unpaired) electrons. The molecule has 0 aromatic carbocycles. The van der Waals surface area contributed by atoms with Crippen LogP contribution in [0.4, 0.5) is 0 Å². The van der Waals surface area contributed by atoms with Crippen molar-refractivity contribution in [1.29, 1.82) is 0 Å². The van der Waals surface area contributed by atoms with Crippen molar-refractivity contribution in [3.63, 3.8) is 0 Å². The van der Waals surface area contributed by atoms with Crippen molar-refractivity contribution in [2.45, 2.75) is 76.4 Å². The minimum atomic E-state index is -0.527. The summed E-state index contributed by atoms with van der Waals surface area (Å²) in [6, 6.07) is 0.901. The van der Waals surface area contributed by atoms with Crippen molar-refractivity contribution >= 4 is 5.91 Å². The molecule has 0 aromatic heterocycles. The maximum atomic E-state index is 12.2. The van der Waals surface area contributed by atoms with Gasteiger partial charge in [0, 0.05) is 18.6 Å². The summed E-state index contributed by atoms with van der Waals surface area (Å²) in [7, 11) is 2.16. The first-order valence-corrected chi connectivity index (χ1v) is 8.23. The van der Waals surface area contributed by atoms with E-state index in [1.807, 2.05) is 0 Å². The third-order valence-electron chi connectivity index (χ3n) is 4.96. The Labute approximate surface area is 123 Å². The van der Waals surface area contributed by atoms with Crippen molar-refractivity contribution in [2.24, 2.45) is 11.7 Å². The molecule has 0 aliphatic heterocycles. The summed E-state index contributed by atoms with van der Waals surface area (Å²) >= 11 is 0. The van der Waals surface area contributed by atoms with Gasteiger partial charge in [0.25, 0.3) is 0 Å². The highest BCUT2D eigenvalue weighted by atomic mass is 16.1. The zero-order valence-electron chi connectivity index (χ0n) is 13.3. The van der Waals surface area contributed by atoms with Gasteiger partial charge in [0.15, 0.2) is 0 Å². The fourth-order valence-electron chi connectivity index (χ4n) is 3.78. The van der Waals surface area contributed by atoms with Gasteiger partial charge in [-0.15, -0.1) is 0 Å². The summed E-state index contributed by atoms with van der Waals surface area (Å²) in [5.74, 6) is 0.254. The van der Waals surface area contributed by atoms with Gasteiger partial charge in [0.05, 0.1) is 0 Å². The predicted molar refractivity (Wildman–Crippen MR) is 82.4 cm³/mol. The van der Waals surface area contributed by atoms with E-state index in [0.29, 0.717) is 12.0 Å². The number of primary amides is 1. The van der Waals surface area contributed by atoms with E-state index in [2.05, 4.69) is 31.1 Å². The van der Waals surface area contributed by atoms with Gasteiger partial charge >= 0.3 is 0 Å². The number of nitrogens with two attached hydrogens (primary N) is 1. The molecular weight excluding hydrogens is 250 g/mol. The van der Waals surface area contributed by atoms with E-state index < -0.39 is 5.54 Å². The average Bonchev–Trinajstić information content (AvgIpc) is 3.22. The molecular formula is C16H31N3O. The quantitative estimate of drug-likeness (QED) is 0.749. The van der Waals surface area contributed by atoms with E-state index in [9.17, 15) is 4.79 Å². The largest absolute Gasteiger partial charge is 0.368 e. The van der Waals surface area contributed by atoms with Crippen LogP contribution in [-0.4, -0.2) is 42.0 Å². The van der Waals surface area contributed by atoms with Gasteiger partial charge in [-0.3, -0.25) is 10.1 Å². The normalized spacial score (nSPS) is 24.1. The van der Waals surface area contributed by atoms with Gasteiger partial charge in [-0.1, -0.05) is 19.3 Å². The van der Waals surface area contributed by atoms with Crippen molar-refractivity contribution in [3.8, 4) is 0 Å². The molecule has 116 valence electrons. The van der Waals surface area contributed by atoms with E-state index >= 15 is 0 Å². The monoisotopic (exact) mass is 281 g/mol. The molecule has 4 heteroatoms. The molecule has 0 spiro atoms. The maximum absolute atomic E-state index is 12.2. The molecule has 2 aliphatic carbocycles. The predicted octanol–water partition coefficient (Wildman–Crippen LogP) is 1.88. The lowest BCUT2D eigenvalue weighted by molar-refractivity contribution is -0.126. The summed E-state index contributed by atoms with van der Waals surface area (Å²) in [6.07, 6.45) is 8.77. The Hall–Kier alpha value is -0.610. The van der Waals surface area contributed by atoms with Gasteiger partial charge < -0.3 is 10.6 Å². The number of hydrogen-bond acceptors (Lipinski definition) is 3. The Morgan fingerprint density at radius 2 is 1.85 bits per heavy atom. The minimum absolute atomic E-state index is 0.170. The van der Waals surface area contributed by atoms with Gasteiger partial charge in [0.2, 0.25) is 5.91 Å². The summed E-state index contributed by atoms with van der Waals surface area (Å²) in [4.78, 5) is 14.6. The van der Waals surface area contributed by atoms with Crippen LogP contribution in [0.2, 0.25) is 0 Å². The molecule has 3 N–H and O–H groups in total. The first-order chi connectivity index (χ1) is 9.45. The first-order valence-electron chi connectivity index (χ1n) is 8.23. The van der Waals surface area contributed by atoms with Crippen molar-refractivity contribution in [2.75, 3.05) is 13.6 Å². The Morgan fingerprint density at radius 1 is 1.25 bits per heavy atom. The number of carbonyl (C=O) groups excluding carboxylic acids is 1. The molecule has 1 unspecified atom stereocenters. The maximum Gasteiger partial charge on any atom is 0.239 e. The fourth-order valence-corrected chi connectivity index (χ4v) is 3.78. The number of nitrogens with zero attached hydrogens (tertiary/aromatic N) is 1. The molecule has 2 saturated carbocycles. The number of carbonyl (C=O) groups is 1.